The van der Waals surface area contributed by atoms with E-state index >= 15 is 0 Å². The average Bonchev–Trinajstić information content (AvgIpc) is 2.70. The number of ether oxygens (including phenoxy) is 1. The van der Waals surface area contributed by atoms with Crippen LogP contribution in [0.1, 0.15) is 5.56 Å². The van der Waals surface area contributed by atoms with Crippen molar-refractivity contribution in [1.29, 1.82) is 0 Å². The van der Waals surface area contributed by atoms with Crippen molar-refractivity contribution in [3.8, 4) is 5.75 Å². The monoisotopic (exact) mass is 189 g/mol. The van der Waals surface area contributed by atoms with Gasteiger partial charge in [0, 0.05) is 6.54 Å². The van der Waals surface area contributed by atoms with E-state index in [2.05, 4.69) is 17.2 Å². The lowest BCUT2D eigenvalue weighted by Crippen LogP contribution is -2.24. The predicted molar refractivity (Wildman–Crippen MR) is 56.7 cm³/mol. The molecule has 0 aromatic heterocycles. The second kappa shape index (κ2) is 4.13. The fourth-order valence-electron chi connectivity index (χ4n) is 1.28. The maximum absolute atomic E-state index is 5.52. The molecule has 14 heavy (non-hydrogen) atoms. The molecule has 3 heteroatoms. The first kappa shape index (κ1) is 9.06. The maximum Gasteiger partial charge on any atom is 0.145 e. The van der Waals surface area contributed by atoms with Crippen molar-refractivity contribution in [1.82, 2.24) is 5.32 Å². The minimum atomic E-state index is 0.524. The summed E-state index contributed by atoms with van der Waals surface area (Å²) < 4.78 is 5.52. The van der Waals surface area contributed by atoms with E-state index in [0.717, 1.165) is 30.2 Å². The lowest BCUT2D eigenvalue weighted by molar-refractivity contribution is 0.373. The number of benzene rings is 1. The van der Waals surface area contributed by atoms with Crippen molar-refractivity contribution in [2.45, 2.75) is 0 Å². The minimum Gasteiger partial charge on any atom is -0.486 e. The number of hydrogen-bond acceptors (Lipinski definition) is 3. The van der Waals surface area contributed by atoms with Gasteiger partial charge in [0.15, 0.2) is 0 Å². The van der Waals surface area contributed by atoms with Crippen LogP contribution in [0, 0.1) is 6.92 Å². The summed E-state index contributed by atoms with van der Waals surface area (Å²) in [5.74, 6) is 1.79. The Bertz CT molecular complexity index is 330. The molecule has 0 amide bonds. The molecule has 1 aromatic carbocycles. The van der Waals surface area contributed by atoms with Gasteiger partial charge in [0.05, 0.1) is 6.54 Å². The van der Waals surface area contributed by atoms with Gasteiger partial charge >= 0.3 is 0 Å². The molecule has 0 spiro atoms. The van der Waals surface area contributed by atoms with Gasteiger partial charge in [-0.25, -0.2) is 0 Å². The Hall–Kier alpha value is -1.51. The molecular formula is C11H13N2O. The van der Waals surface area contributed by atoms with Crippen LogP contribution in [0.4, 0.5) is 0 Å². The first-order chi connectivity index (χ1) is 6.84. The van der Waals surface area contributed by atoms with Gasteiger partial charge in [0.2, 0.25) is 0 Å². The van der Waals surface area contributed by atoms with Gasteiger partial charge in [-0.1, -0.05) is 12.1 Å². The van der Waals surface area contributed by atoms with Crippen LogP contribution >= 0.6 is 0 Å². The van der Waals surface area contributed by atoms with E-state index in [9.17, 15) is 0 Å². The lowest BCUT2D eigenvalue weighted by Gasteiger charge is -2.06. The van der Waals surface area contributed by atoms with Crippen molar-refractivity contribution < 1.29 is 4.74 Å². The van der Waals surface area contributed by atoms with Crippen molar-refractivity contribution in [3.05, 3.63) is 36.8 Å². The Morgan fingerprint density at radius 3 is 2.79 bits per heavy atom. The van der Waals surface area contributed by atoms with E-state index in [-0.39, 0.29) is 0 Å². The summed E-state index contributed by atoms with van der Waals surface area (Å²) in [4.78, 5) is 4.24. The molecule has 0 bridgehead atoms. The molecule has 0 atom stereocenters. The molecule has 1 N–H and O–H groups in total. The smallest absolute Gasteiger partial charge is 0.145 e. The molecular weight excluding hydrogens is 176 g/mol. The third-order valence-corrected chi connectivity index (χ3v) is 2.04. The van der Waals surface area contributed by atoms with Crippen LogP contribution in [-0.2, 0) is 0 Å². The Morgan fingerprint density at radius 1 is 1.36 bits per heavy atom. The molecule has 0 aliphatic carbocycles. The standard InChI is InChI=1S/C11H13N2O/c1-9-2-4-10(5-3-9)14-8-11-12-6-7-13-11/h2-5H,1,6-8H2,(H,12,13). The Labute approximate surface area is 83.8 Å². The number of hydrogen-bond donors (Lipinski definition) is 1. The second-order valence-electron chi connectivity index (χ2n) is 3.19. The van der Waals surface area contributed by atoms with Gasteiger partial charge in [-0.15, -0.1) is 0 Å². The van der Waals surface area contributed by atoms with Crippen LogP contribution < -0.4 is 10.1 Å². The molecule has 1 radical (unpaired) electrons. The van der Waals surface area contributed by atoms with Crippen LogP contribution in [0.25, 0.3) is 0 Å². The molecule has 73 valence electrons. The molecule has 1 aromatic rings. The Balaban J connectivity index is 1.88. The summed E-state index contributed by atoms with van der Waals surface area (Å²) in [5.41, 5.74) is 0.994. The molecule has 0 saturated carbocycles. The number of aliphatic imine (C=N–C) groups is 1. The highest BCUT2D eigenvalue weighted by atomic mass is 16.5. The van der Waals surface area contributed by atoms with Crippen molar-refractivity contribution in [2.75, 3.05) is 19.7 Å². The highest BCUT2D eigenvalue weighted by Crippen LogP contribution is 2.11. The summed E-state index contributed by atoms with van der Waals surface area (Å²) >= 11 is 0. The molecule has 1 aliphatic heterocycles. The zero-order valence-corrected chi connectivity index (χ0v) is 7.99. The number of nitrogens with zero attached hydrogens (tertiary/aromatic N) is 1. The van der Waals surface area contributed by atoms with Crippen LogP contribution in [-0.4, -0.2) is 25.5 Å². The van der Waals surface area contributed by atoms with Crippen molar-refractivity contribution in [3.63, 3.8) is 0 Å². The van der Waals surface area contributed by atoms with E-state index in [1.165, 1.54) is 0 Å². The fraction of sp³-hybridized carbons (Fsp3) is 0.273. The number of rotatable bonds is 3. The fourth-order valence-corrected chi connectivity index (χ4v) is 1.28. The summed E-state index contributed by atoms with van der Waals surface area (Å²) in [6.45, 7) is 6.12. The van der Waals surface area contributed by atoms with E-state index in [1.54, 1.807) is 0 Å². The molecule has 0 fully saturated rings. The van der Waals surface area contributed by atoms with Gasteiger partial charge in [-0.2, -0.15) is 0 Å². The highest BCUT2D eigenvalue weighted by molar-refractivity contribution is 5.84. The first-order valence-corrected chi connectivity index (χ1v) is 4.66. The molecule has 0 saturated heterocycles. The molecule has 3 nitrogen and oxygen atoms in total. The highest BCUT2D eigenvalue weighted by Gasteiger charge is 2.04. The lowest BCUT2D eigenvalue weighted by atomic mass is 10.2. The van der Waals surface area contributed by atoms with Gasteiger partial charge in [0.1, 0.15) is 18.2 Å². The SMILES string of the molecule is [CH2]c1ccc(OCC2=NCCN2)cc1. The summed E-state index contributed by atoms with van der Waals surface area (Å²) in [5, 5.41) is 3.15. The zero-order chi connectivity index (χ0) is 9.80. The van der Waals surface area contributed by atoms with E-state index in [1.807, 2.05) is 24.3 Å². The maximum atomic E-state index is 5.52. The normalized spacial score (nSPS) is 14.8. The summed E-state index contributed by atoms with van der Waals surface area (Å²) in [6.07, 6.45) is 0. The molecule has 1 heterocycles. The zero-order valence-electron chi connectivity index (χ0n) is 7.99. The summed E-state index contributed by atoms with van der Waals surface area (Å²) in [7, 11) is 0. The van der Waals surface area contributed by atoms with E-state index in [4.69, 9.17) is 4.74 Å². The molecule has 2 rings (SSSR count). The van der Waals surface area contributed by atoms with Gasteiger partial charge in [-0.3, -0.25) is 4.99 Å². The Kier molecular flexibility index (Phi) is 2.68. The van der Waals surface area contributed by atoms with Gasteiger partial charge in [0.25, 0.3) is 0 Å². The quantitative estimate of drug-likeness (QED) is 0.776. The average molecular weight is 189 g/mol. The number of amidine groups is 1. The van der Waals surface area contributed by atoms with Crippen LogP contribution in [0.2, 0.25) is 0 Å². The van der Waals surface area contributed by atoms with Crippen LogP contribution in [0.5, 0.6) is 5.75 Å². The van der Waals surface area contributed by atoms with Gasteiger partial charge < -0.3 is 10.1 Å². The first-order valence-electron chi connectivity index (χ1n) is 4.66. The van der Waals surface area contributed by atoms with Crippen molar-refractivity contribution >= 4 is 5.84 Å². The predicted octanol–water partition coefficient (Wildman–Crippen LogP) is 1.25. The third kappa shape index (κ3) is 2.25. The van der Waals surface area contributed by atoms with Crippen LogP contribution in [0.3, 0.4) is 0 Å². The molecule has 1 aliphatic rings. The van der Waals surface area contributed by atoms with E-state index < -0.39 is 0 Å². The molecule has 0 unspecified atom stereocenters. The van der Waals surface area contributed by atoms with Crippen molar-refractivity contribution in [2.24, 2.45) is 4.99 Å². The number of nitrogens with one attached hydrogen (secondary N) is 1. The van der Waals surface area contributed by atoms with E-state index in [0.29, 0.717) is 6.61 Å². The minimum absolute atomic E-state index is 0.524. The third-order valence-electron chi connectivity index (χ3n) is 2.04. The largest absolute Gasteiger partial charge is 0.486 e. The summed E-state index contributed by atoms with van der Waals surface area (Å²) in [6, 6.07) is 7.69. The topological polar surface area (TPSA) is 33.6 Å². The van der Waals surface area contributed by atoms with Crippen LogP contribution in [0.15, 0.2) is 29.3 Å². The van der Waals surface area contributed by atoms with Gasteiger partial charge in [-0.05, 0) is 24.6 Å². The Morgan fingerprint density at radius 2 is 2.14 bits per heavy atom. The second-order valence-corrected chi connectivity index (χ2v) is 3.19.